The minimum atomic E-state index is -3.53. The zero-order chi connectivity index (χ0) is 23.6. The second-order valence-corrected chi connectivity index (χ2v) is 11.5. The Morgan fingerprint density at radius 3 is 2.31 bits per heavy atom. The standard InChI is InChI=1S/C24H30Cl2N2O3S/c1-15-11-17(3)22(12-16(15)2)18(4)27-24(29)19-7-9-28(10-8-19)32(30,31)14-20-5-6-21(25)13-23(20)26/h5-6,11-13,18-19H,7-10,14H2,1-4H3,(H,27,29)/t18-/m1/s1. The van der Waals surface area contributed by atoms with Gasteiger partial charge in [-0.15, -0.1) is 0 Å². The maximum atomic E-state index is 12.9. The van der Waals surface area contributed by atoms with Crippen molar-refractivity contribution in [2.45, 2.75) is 52.3 Å². The third-order valence-electron chi connectivity index (χ3n) is 6.28. The molecule has 0 radical (unpaired) electrons. The second kappa shape index (κ2) is 10.1. The van der Waals surface area contributed by atoms with Crippen molar-refractivity contribution in [3.8, 4) is 0 Å². The van der Waals surface area contributed by atoms with E-state index >= 15 is 0 Å². The van der Waals surface area contributed by atoms with E-state index in [0.29, 0.717) is 41.5 Å². The number of sulfonamides is 1. The molecule has 0 saturated carbocycles. The van der Waals surface area contributed by atoms with Crippen molar-refractivity contribution in [2.24, 2.45) is 5.92 Å². The number of piperidine rings is 1. The van der Waals surface area contributed by atoms with Gasteiger partial charge in [-0.3, -0.25) is 4.79 Å². The van der Waals surface area contributed by atoms with Crippen LogP contribution in [-0.2, 0) is 20.6 Å². The monoisotopic (exact) mass is 496 g/mol. The molecule has 1 aliphatic heterocycles. The third kappa shape index (κ3) is 5.84. The number of benzene rings is 2. The fourth-order valence-electron chi connectivity index (χ4n) is 4.18. The van der Waals surface area contributed by atoms with Crippen molar-refractivity contribution in [3.05, 3.63) is 68.2 Å². The molecule has 174 valence electrons. The molecule has 1 fully saturated rings. The highest BCUT2D eigenvalue weighted by atomic mass is 35.5. The molecule has 1 atom stereocenters. The number of amides is 1. The van der Waals surface area contributed by atoms with Gasteiger partial charge in [0.1, 0.15) is 0 Å². The molecule has 8 heteroatoms. The van der Waals surface area contributed by atoms with E-state index in [0.717, 1.165) is 11.1 Å². The summed E-state index contributed by atoms with van der Waals surface area (Å²) in [6, 6.07) is 8.99. The lowest BCUT2D eigenvalue weighted by Crippen LogP contribution is -2.43. The predicted octanol–water partition coefficient (Wildman–Crippen LogP) is 5.34. The predicted molar refractivity (Wildman–Crippen MR) is 131 cm³/mol. The number of halogens is 2. The van der Waals surface area contributed by atoms with Crippen LogP contribution in [0.2, 0.25) is 10.0 Å². The van der Waals surface area contributed by atoms with E-state index in [1.807, 2.05) is 6.92 Å². The zero-order valence-electron chi connectivity index (χ0n) is 18.9. The van der Waals surface area contributed by atoms with Gasteiger partial charge in [0, 0.05) is 29.1 Å². The molecular weight excluding hydrogens is 467 g/mol. The molecule has 0 aromatic heterocycles. The molecule has 0 bridgehead atoms. The Morgan fingerprint density at radius 1 is 1.06 bits per heavy atom. The first kappa shape index (κ1) is 25.0. The van der Waals surface area contributed by atoms with E-state index in [-0.39, 0.29) is 23.6 Å². The maximum Gasteiger partial charge on any atom is 0.223 e. The molecule has 0 aliphatic carbocycles. The van der Waals surface area contributed by atoms with Crippen molar-refractivity contribution in [1.29, 1.82) is 0 Å². The van der Waals surface area contributed by atoms with Crippen LogP contribution in [0.25, 0.3) is 0 Å². The van der Waals surface area contributed by atoms with Gasteiger partial charge >= 0.3 is 0 Å². The van der Waals surface area contributed by atoms with Gasteiger partial charge in [0.05, 0.1) is 11.8 Å². The molecule has 1 N–H and O–H groups in total. The van der Waals surface area contributed by atoms with Crippen molar-refractivity contribution in [2.75, 3.05) is 13.1 Å². The van der Waals surface area contributed by atoms with Gasteiger partial charge in [-0.1, -0.05) is 41.4 Å². The number of nitrogens with zero attached hydrogens (tertiary/aromatic N) is 1. The molecule has 2 aromatic carbocycles. The first-order valence-corrected chi connectivity index (χ1v) is 13.1. The second-order valence-electron chi connectivity index (χ2n) is 8.69. The van der Waals surface area contributed by atoms with E-state index in [1.165, 1.54) is 15.4 Å². The average molecular weight is 497 g/mol. The number of rotatable bonds is 6. The molecular formula is C24H30Cl2N2O3S. The number of hydrogen-bond donors (Lipinski definition) is 1. The quantitative estimate of drug-likeness (QED) is 0.586. The van der Waals surface area contributed by atoms with Crippen molar-refractivity contribution in [1.82, 2.24) is 9.62 Å². The van der Waals surface area contributed by atoms with E-state index in [9.17, 15) is 13.2 Å². The van der Waals surface area contributed by atoms with Crippen LogP contribution in [0.5, 0.6) is 0 Å². The van der Waals surface area contributed by atoms with Crippen LogP contribution in [-0.4, -0.2) is 31.7 Å². The van der Waals surface area contributed by atoms with Crippen molar-refractivity contribution in [3.63, 3.8) is 0 Å². The summed E-state index contributed by atoms with van der Waals surface area (Å²) in [5, 5.41) is 3.93. The molecule has 32 heavy (non-hydrogen) atoms. The lowest BCUT2D eigenvalue weighted by Gasteiger charge is -2.31. The van der Waals surface area contributed by atoms with E-state index in [2.05, 4.69) is 38.2 Å². The summed E-state index contributed by atoms with van der Waals surface area (Å²) in [6.45, 7) is 8.84. The smallest absolute Gasteiger partial charge is 0.223 e. The summed E-state index contributed by atoms with van der Waals surface area (Å²) < 4.78 is 27.2. The number of hydrogen-bond acceptors (Lipinski definition) is 3. The van der Waals surface area contributed by atoms with Gasteiger partial charge in [-0.2, -0.15) is 0 Å². The molecule has 1 saturated heterocycles. The first-order chi connectivity index (χ1) is 15.0. The van der Waals surface area contributed by atoms with Crippen molar-refractivity contribution >= 4 is 39.1 Å². The highest BCUT2D eigenvalue weighted by Gasteiger charge is 2.32. The number of nitrogens with one attached hydrogen (secondary N) is 1. The minimum absolute atomic E-state index is 0.0204. The van der Waals surface area contributed by atoms with E-state index < -0.39 is 10.0 Å². The van der Waals surface area contributed by atoms with Gasteiger partial charge in [-0.25, -0.2) is 12.7 Å². The van der Waals surface area contributed by atoms with Crippen LogP contribution >= 0.6 is 23.2 Å². The molecule has 1 amide bonds. The number of carbonyl (C=O) groups excluding carboxylic acids is 1. The van der Waals surface area contributed by atoms with E-state index in [1.54, 1.807) is 18.2 Å². The summed E-state index contributed by atoms with van der Waals surface area (Å²) in [5.41, 5.74) is 5.22. The minimum Gasteiger partial charge on any atom is -0.349 e. The highest BCUT2D eigenvalue weighted by molar-refractivity contribution is 7.88. The molecule has 0 unspecified atom stereocenters. The summed E-state index contributed by atoms with van der Waals surface area (Å²) >= 11 is 12.0. The molecule has 1 heterocycles. The van der Waals surface area contributed by atoms with Crippen LogP contribution in [0.1, 0.15) is 53.6 Å². The summed E-state index contributed by atoms with van der Waals surface area (Å²) in [4.78, 5) is 12.9. The number of aryl methyl sites for hydroxylation is 3. The Balaban J connectivity index is 1.59. The highest BCUT2D eigenvalue weighted by Crippen LogP contribution is 2.27. The molecule has 2 aromatic rings. The molecule has 1 aliphatic rings. The fourth-order valence-corrected chi connectivity index (χ4v) is 6.33. The van der Waals surface area contributed by atoms with Gasteiger partial charge in [0.25, 0.3) is 0 Å². The zero-order valence-corrected chi connectivity index (χ0v) is 21.2. The van der Waals surface area contributed by atoms with Gasteiger partial charge in [0.2, 0.25) is 15.9 Å². The normalized spacial score (nSPS) is 16.7. The van der Waals surface area contributed by atoms with Gasteiger partial charge in [-0.05, 0) is 80.5 Å². The van der Waals surface area contributed by atoms with Crippen LogP contribution < -0.4 is 5.32 Å². The van der Waals surface area contributed by atoms with Crippen LogP contribution in [0.3, 0.4) is 0 Å². The Morgan fingerprint density at radius 2 is 1.69 bits per heavy atom. The third-order valence-corrected chi connectivity index (χ3v) is 8.69. The van der Waals surface area contributed by atoms with Crippen LogP contribution in [0.15, 0.2) is 30.3 Å². The van der Waals surface area contributed by atoms with Crippen molar-refractivity contribution < 1.29 is 13.2 Å². The Labute approximate surface area is 201 Å². The van der Waals surface area contributed by atoms with Gasteiger partial charge in [0.15, 0.2) is 0 Å². The largest absolute Gasteiger partial charge is 0.349 e. The Kier molecular flexibility index (Phi) is 7.92. The fraction of sp³-hybridized carbons (Fsp3) is 0.458. The maximum absolute atomic E-state index is 12.9. The van der Waals surface area contributed by atoms with E-state index in [4.69, 9.17) is 23.2 Å². The van der Waals surface area contributed by atoms with Crippen LogP contribution in [0, 0.1) is 26.7 Å². The summed E-state index contributed by atoms with van der Waals surface area (Å²) in [6.07, 6.45) is 0.996. The SMILES string of the molecule is Cc1cc(C)c([C@@H](C)NC(=O)C2CCN(S(=O)(=O)Cc3ccc(Cl)cc3Cl)CC2)cc1C. The lowest BCUT2D eigenvalue weighted by molar-refractivity contribution is -0.126. The Hall–Kier alpha value is -1.60. The molecule has 0 spiro atoms. The topological polar surface area (TPSA) is 66.5 Å². The van der Waals surface area contributed by atoms with Gasteiger partial charge < -0.3 is 5.32 Å². The molecule has 5 nitrogen and oxygen atoms in total. The summed E-state index contributed by atoms with van der Waals surface area (Å²) in [5.74, 6) is -0.397. The average Bonchev–Trinajstić information content (AvgIpc) is 2.72. The summed E-state index contributed by atoms with van der Waals surface area (Å²) in [7, 11) is -3.53. The number of carbonyl (C=O) groups is 1. The first-order valence-electron chi connectivity index (χ1n) is 10.8. The lowest BCUT2D eigenvalue weighted by atomic mass is 9.94. The molecule has 3 rings (SSSR count). The Bertz CT molecular complexity index is 1110. The van der Waals surface area contributed by atoms with Crippen LogP contribution in [0.4, 0.5) is 0 Å².